The number of hydrogen-bond donors (Lipinski definition) is 1. The Morgan fingerprint density at radius 3 is 2.27 bits per heavy atom. The Bertz CT molecular complexity index is 218. The molecule has 1 unspecified atom stereocenters. The molecule has 2 nitrogen and oxygen atoms in total. The number of rotatable bonds is 2. The third kappa shape index (κ3) is 2.98. The van der Waals surface area contributed by atoms with Gasteiger partial charge in [-0.15, -0.1) is 0 Å². The van der Waals surface area contributed by atoms with Crippen molar-refractivity contribution in [2.24, 2.45) is 5.84 Å². The molecule has 1 rings (SSSR count). The summed E-state index contributed by atoms with van der Waals surface area (Å²) in [6.45, 7) is 2.08. The van der Waals surface area contributed by atoms with Crippen molar-refractivity contribution >= 4 is 14.0 Å². The highest BCUT2D eigenvalue weighted by molar-refractivity contribution is 7.44. The van der Waals surface area contributed by atoms with E-state index in [1.54, 1.807) is 4.78 Å². The van der Waals surface area contributed by atoms with Crippen molar-refractivity contribution in [3.05, 3.63) is 29.8 Å². The van der Waals surface area contributed by atoms with Crippen LogP contribution >= 0.6 is 8.73 Å². The van der Waals surface area contributed by atoms with Crippen molar-refractivity contribution in [3.8, 4) is 0 Å². The summed E-state index contributed by atoms with van der Waals surface area (Å²) in [5, 5.41) is 1.28. The van der Waals surface area contributed by atoms with Gasteiger partial charge in [0.1, 0.15) is 0 Å². The van der Waals surface area contributed by atoms with E-state index in [0.717, 1.165) is 0 Å². The molecule has 1 aromatic rings. The maximum atomic E-state index is 5.51. The van der Waals surface area contributed by atoms with Crippen LogP contribution in [0.3, 0.4) is 0 Å². The van der Waals surface area contributed by atoms with E-state index in [-0.39, 0.29) is 0 Å². The van der Waals surface area contributed by atoms with Gasteiger partial charge in [0.25, 0.3) is 0 Å². The predicted molar refractivity (Wildman–Crippen MR) is 51.1 cm³/mol. The first-order valence-corrected chi connectivity index (χ1v) is 4.45. The van der Waals surface area contributed by atoms with Crippen LogP contribution in [-0.4, -0.2) is 11.8 Å². The monoisotopic (exact) mass is 168 g/mol. The van der Waals surface area contributed by atoms with Gasteiger partial charge in [0.05, 0.1) is 0 Å². The van der Waals surface area contributed by atoms with Crippen LogP contribution in [0.1, 0.15) is 5.56 Å². The minimum atomic E-state index is 0.568. The van der Waals surface area contributed by atoms with Crippen molar-refractivity contribution in [3.63, 3.8) is 0 Å². The molecule has 0 aliphatic carbocycles. The SMILES string of the molecule is Cc1ccc(PN(C)N)cc1. The lowest BCUT2D eigenvalue weighted by molar-refractivity contribution is 0.604. The molecule has 0 aliphatic heterocycles. The van der Waals surface area contributed by atoms with Gasteiger partial charge < -0.3 is 0 Å². The van der Waals surface area contributed by atoms with E-state index in [9.17, 15) is 0 Å². The number of nitrogens with two attached hydrogens (primary N) is 1. The van der Waals surface area contributed by atoms with E-state index in [1.807, 2.05) is 7.05 Å². The van der Waals surface area contributed by atoms with Gasteiger partial charge in [0, 0.05) is 7.05 Å². The smallest absolute Gasteiger partial charge is 0.00556 e. The first kappa shape index (κ1) is 8.66. The molecule has 60 valence electrons. The molecule has 3 heteroatoms. The van der Waals surface area contributed by atoms with Crippen LogP contribution in [0.25, 0.3) is 0 Å². The lowest BCUT2D eigenvalue weighted by Crippen LogP contribution is -2.18. The molecule has 0 spiro atoms. The zero-order chi connectivity index (χ0) is 8.27. The van der Waals surface area contributed by atoms with Crippen molar-refractivity contribution in [1.82, 2.24) is 4.78 Å². The van der Waals surface area contributed by atoms with E-state index < -0.39 is 0 Å². The highest BCUT2D eigenvalue weighted by Crippen LogP contribution is 2.10. The molecule has 0 radical (unpaired) electrons. The number of nitrogens with zero attached hydrogens (tertiary/aromatic N) is 1. The highest BCUT2D eigenvalue weighted by Gasteiger charge is 1.93. The molecule has 0 saturated carbocycles. The normalized spacial score (nSPS) is 11.6. The fourth-order valence-electron chi connectivity index (χ4n) is 0.832. The van der Waals surface area contributed by atoms with Crippen LogP contribution in [0, 0.1) is 6.92 Å². The fraction of sp³-hybridized carbons (Fsp3) is 0.250. The Balaban J connectivity index is 2.66. The van der Waals surface area contributed by atoms with Gasteiger partial charge in [-0.25, -0.2) is 4.78 Å². The van der Waals surface area contributed by atoms with E-state index in [4.69, 9.17) is 5.84 Å². The van der Waals surface area contributed by atoms with E-state index in [1.165, 1.54) is 10.9 Å². The van der Waals surface area contributed by atoms with Gasteiger partial charge >= 0.3 is 0 Å². The number of hydrogen-bond acceptors (Lipinski definition) is 2. The summed E-state index contributed by atoms with van der Waals surface area (Å²) < 4.78 is 1.70. The molecule has 0 amide bonds. The summed E-state index contributed by atoms with van der Waals surface area (Å²) >= 11 is 0. The molecule has 0 fully saturated rings. The van der Waals surface area contributed by atoms with Gasteiger partial charge in [-0.3, -0.25) is 5.84 Å². The Hall–Kier alpha value is -0.430. The molecule has 0 aliphatic rings. The average molecular weight is 168 g/mol. The van der Waals surface area contributed by atoms with Crippen LogP contribution in [0.4, 0.5) is 0 Å². The first-order chi connectivity index (χ1) is 5.18. The maximum absolute atomic E-state index is 5.51. The van der Waals surface area contributed by atoms with Crippen molar-refractivity contribution < 1.29 is 0 Å². The summed E-state index contributed by atoms with van der Waals surface area (Å²) in [5.74, 6) is 5.51. The van der Waals surface area contributed by atoms with Crippen LogP contribution < -0.4 is 11.1 Å². The number of aryl methyl sites for hydroxylation is 1. The summed E-state index contributed by atoms with van der Waals surface area (Å²) in [5.41, 5.74) is 1.29. The maximum Gasteiger partial charge on any atom is 0.00556 e. The van der Waals surface area contributed by atoms with Crippen LogP contribution in [0.2, 0.25) is 0 Å². The average Bonchev–Trinajstić information content (AvgIpc) is 1.93. The number of hydrazine groups is 1. The second kappa shape index (κ2) is 3.82. The lowest BCUT2D eigenvalue weighted by Gasteiger charge is -2.08. The minimum absolute atomic E-state index is 0.568. The standard InChI is InChI=1S/C8H13N2P/c1-7-3-5-8(6-4-7)11-10(2)9/h3-6,11H,9H2,1-2H3. The first-order valence-electron chi connectivity index (χ1n) is 3.50. The Kier molecular flexibility index (Phi) is 3.01. The van der Waals surface area contributed by atoms with Crippen LogP contribution in [-0.2, 0) is 0 Å². The summed E-state index contributed by atoms with van der Waals surface area (Å²) in [6, 6.07) is 8.42. The third-order valence-electron chi connectivity index (χ3n) is 1.36. The highest BCUT2D eigenvalue weighted by atomic mass is 31.1. The molecule has 0 aromatic heterocycles. The number of benzene rings is 1. The molecule has 11 heavy (non-hydrogen) atoms. The topological polar surface area (TPSA) is 29.3 Å². The fourth-order valence-corrected chi connectivity index (χ4v) is 1.55. The summed E-state index contributed by atoms with van der Waals surface area (Å²) in [6.07, 6.45) is 0. The lowest BCUT2D eigenvalue weighted by atomic mass is 10.2. The largest absolute Gasteiger partial charge is 0.265 e. The van der Waals surface area contributed by atoms with E-state index >= 15 is 0 Å². The second-order valence-electron chi connectivity index (χ2n) is 2.59. The third-order valence-corrected chi connectivity index (χ3v) is 2.30. The van der Waals surface area contributed by atoms with Crippen LogP contribution in [0.15, 0.2) is 24.3 Å². The second-order valence-corrected chi connectivity index (χ2v) is 4.10. The van der Waals surface area contributed by atoms with Crippen molar-refractivity contribution in [2.45, 2.75) is 6.92 Å². The van der Waals surface area contributed by atoms with Crippen molar-refractivity contribution in [2.75, 3.05) is 7.05 Å². The summed E-state index contributed by atoms with van der Waals surface area (Å²) in [7, 11) is 2.44. The van der Waals surface area contributed by atoms with Gasteiger partial charge in [-0.2, -0.15) is 0 Å². The van der Waals surface area contributed by atoms with Crippen molar-refractivity contribution in [1.29, 1.82) is 0 Å². The van der Waals surface area contributed by atoms with Crippen LogP contribution in [0.5, 0.6) is 0 Å². The molecule has 2 N–H and O–H groups in total. The van der Waals surface area contributed by atoms with Gasteiger partial charge in [-0.05, 0) is 21.0 Å². The Morgan fingerprint density at radius 1 is 1.27 bits per heavy atom. The van der Waals surface area contributed by atoms with Gasteiger partial charge in [0.15, 0.2) is 0 Å². The molecule has 1 atom stereocenters. The zero-order valence-corrected chi connectivity index (χ0v) is 7.83. The summed E-state index contributed by atoms with van der Waals surface area (Å²) in [4.78, 5) is 0. The van der Waals surface area contributed by atoms with E-state index in [0.29, 0.717) is 8.73 Å². The molecule has 0 saturated heterocycles. The minimum Gasteiger partial charge on any atom is -0.265 e. The van der Waals surface area contributed by atoms with Gasteiger partial charge in [-0.1, -0.05) is 29.8 Å². The molecular formula is C8H13N2P. The van der Waals surface area contributed by atoms with Gasteiger partial charge in [0.2, 0.25) is 0 Å². The Labute approximate surface area is 69.2 Å². The van der Waals surface area contributed by atoms with E-state index in [2.05, 4.69) is 31.2 Å². The molecule has 0 bridgehead atoms. The zero-order valence-electron chi connectivity index (χ0n) is 6.83. The predicted octanol–water partition coefficient (Wildman–Crippen LogP) is 1.02. The molecule has 0 heterocycles. The Morgan fingerprint density at radius 2 is 1.82 bits per heavy atom. The molecular weight excluding hydrogens is 155 g/mol. The quantitative estimate of drug-likeness (QED) is 0.406. The molecule has 1 aromatic carbocycles.